The lowest BCUT2D eigenvalue weighted by Crippen LogP contribution is -2.32. The van der Waals surface area contributed by atoms with Crippen molar-refractivity contribution in [2.75, 3.05) is 23.7 Å². The first-order chi connectivity index (χ1) is 18.9. The van der Waals surface area contributed by atoms with Gasteiger partial charge in [0.2, 0.25) is 16.0 Å². The number of benzene rings is 3. The Bertz CT molecular complexity index is 1510. The molecule has 0 spiro atoms. The molecule has 1 aliphatic rings. The van der Waals surface area contributed by atoms with Gasteiger partial charge in [0.15, 0.2) is 5.75 Å². The average Bonchev–Trinajstić information content (AvgIpc) is 2.97. The van der Waals surface area contributed by atoms with Gasteiger partial charge in [0.25, 0.3) is 0 Å². The first-order valence-electron chi connectivity index (χ1n) is 12.8. The van der Waals surface area contributed by atoms with E-state index in [1.54, 1.807) is 0 Å². The summed E-state index contributed by atoms with van der Waals surface area (Å²) in [5.41, 5.74) is 1.73. The SMILES string of the molecule is O=S(=O)(NCC1CCC(CNc2nc(Nc3ccc(Cl)cc3)c3ccccc3n2)CC1)c1ccc(OF)cc1. The molecule has 0 saturated heterocycles. The summed E-state index contributed by atoms with van der Waals surface area (Å²) in [4.78, 5) is 13.1. The molecule has 1 heterocycles. The predicted octanol–water partition coefficient (Wildman–Crippen LogP) is 6.49. The monoisotopic (exact) mass is 569 g/mol. The number of halogens is 2. The maximum Gasteiger partial charge on any atom is 0.240 e. The van der Waals surface area contributed by atoms with Gasteiger partial charge >= 0.3 is 0 Å². The van der Waals surface area contributed by atoms with E-state index in [4.69, 9.17) is 21.6 Å². The van der Waals surface area contributed by atoms with Crippen LogP contribution < -0.4 is 20.3 Å². The number of hydrogen-bond donors (Lipinski definition) is 3. The van der Waals surface area contributed by atoms with E-state index in [-0.39, 0.29) is 16.6 Å². The van der Waals surface area contributed by atoms with Crippen molar-refractivity contribution in [2.24, 2.45) is 11.8 Å². The van der Waals surface area contributed by atoms with E-state index in [0.29, 0.717) is 29.3 Å². The summed E-state index contributed by atoms with van der Waals surface area (Å²) < 4.78 is 40.0. The van der Waals surface area contributed by atoms with Gasteiger partial charge in [-0.2, -0.15) is 4.98 Å². The Labute approximate surface area is 231 Å². The van der Waals surface area contributed by atoms with Crippen molar-refractivity contribution in [2.45, 2.75) is 30.6 Å². The highest BCUT2D eigenvalue weighted by Crippen LogP contribution is 2.30. The summed E-state index contributed by atoms with van der Waals surface area (Å²) in [7, 11) is -3.66. The van der Waals surface area contributed by atoms with E-state index < -0.39 is 10.0 Å². The lowest BCUT2D eigenvalue weighted by atomic mass is 9.82. The molecule has 0 atom stereocenters. The molecule has 3 N–H and O–H groups in total. The zero-order chi connectivity index (χ0) is 27.2. The topological polar surface area (TPSA) is 105 Å². The molecule has 1 saturated carbocycles. The minimum atomic E-state index is -3.66. The Kier molecular flexibility index (Phi) is 8.44. The van der Waals surface area contributed by atoms with Crippen LogP contribution in [0.5, 0.6) is 5.75 Å². The number of sulfonamides is 1. The lowest BCUT2D eigenvalue weighted by molar-refractivity contribution is -0.00626. The number of rotatable bonds is 10. The van der Waals surface area contributed by atoms with Crippen LogP contribution in [0.2, 0.25) is 5.02 Å². The molecule has 0 unspecified atom stereocenters. The summed E-state index contributed by atoms with van der Waals surface area (Å²) in [5, 5.41) is 8.38. The average molecular weight is 570 g/mol. The van der Waals surface area contributed by atoms with Gasteiger partial charge < -0.3 is 10.6 Å². The third kappa shape index (κ3) is 6.95. The van der Waals surface area contributed by atoms with Gasteiger partial charge in [-0.1, -0.05) is 23.7 Å². The molecule has 1 aromatic heterocycles. The Morgan fingerprint density at radius 3 is 2.23 bits per heavy atom. The zero-order valence-corrected chi connectivity index (χ0v) is 22.7. The number of aromatic nitrogens is 2. The molecule has 0 bridgehead atoms. The van der Waals surface area contributed by atoms with Crippen LogP contribution in [0.15, 0.2) is 77.7 Å². The van der Waals surface area contributed by atoms with Crippen molar-refractivity contribution in [1.29, 1.82) is 0 Å². The van der Waals surface area contributed by atoms with Crippen LogP contribution in [0.1, 0.15) is 25.7 Å². The maximum atomic E-state index is 12.6. The van der Waals surface area contributed by atoms with Crippen molar-refractivity contribution >= 4 is 50.0 Å². The highest BCUT2D eigenvalue weighted by atomic mass is 35.5. The van der Waals surface area contributed by atoms with E-state index >= 15 is 0 Å². The van der Waals surface area contributed by atoms with Gasteiger partial charge in [0.05, 0.1) is 10.4 Å². The Hall–Kier alpha value is -3.47. The zero-order valence-electron chi connectivity index (χ0n) is 21.1. The van der Waals surface area contributed by atoms with Crippen molar-refractivity contribution in [3.8, 4) is 5.75 Å². The van der Waals surface area contributed by atoms with Crippen molar-refractivity contribution in [1.82, 2.24) is 14.7 Å². The van der Waals surface area contributed by atoms with E-state index in [2.05, 4.69) is 20.3 Å². The molecular weight excluding hydrogens is 541 g/mol. The molecule has 8 nitrogen and oxygen atoms in total. The first kappa shape index (κ1) is 27.1. The summed E-state index contributed by atoms with van der Waals surface area (Å²) in [6, 6.07) is 20.5. The van der Waals surface area contributed by atoms with E-state index in [1.165, 1.54) is 24.3 Å². The molecule has 5 rings (SSSR count). The smallest absolute Gasteiger partial charge is 0.240 e. The second-order valence-electron chi connectivity index (χ2n) is 9.71. The molecule has 4 aromatic rings. The van der Waals surface area contributed by atoms with E-state index in [9.17, 15) is 12.9 Å². The van der Waals surface area contributed by atoms with Gasteiger partial charge in [0, 0.05) is 33.7 Å². The van der Waals surface area contributed by atoms with Crippen LogP contribution in [0.3, 0.4) is 0 Å². The number of fused-ring (bicyclic) bond motifs is 1. The summed E-state index contributed by atoms with van der Waals surface area (Å²) in [5.74, 6) is 1.94. The molecule has 1 aliphatic carbocycles. The van der Waals surface area contributed by atoms with Gasteiger partial charge in [0.1, 0.15) is 5.82 Å². The van der Waals surface area contributed by atoms with Crippen LogP contribution in [0.4, 0.5) is 22.0 Å². The largest absolute Gasteiger partial charge is 0.354 e. The van der Waals surface area contributed by atoms with Crippen LogP contribution in [0.25, 0.3) is 10.9 Å². The number of nitrogens with zero attached hydrogens (tertiary/aromatic N) is 2. The molecule has 0 aliphatic heterocycles. The second-order valence-corrected chi connectivity index (χ2v) is 11.9. The quantitative estimate of drug-likeness (QED) is 0.200. The maximum absolute atomic E-state index is 12.6. The van der Waals surface area contributed by atoms with Crippen LogP contribution >= 0.6 is 11.6 Å². The second kappa shape index (κ2) is 12.1. The lowest BCUT2D eigenvalue weighted by Gasteiger charge is -2.28. The fourth-order valence-electron chi connectivity index (χ4n) is 4.78. The number of anilines is 3. The number of hydrogen-bond acceptors (Lipinski definition) is 7. The van der Waals surface area contributed by atoms with Crippen LogP contribution in [-0.2, 0) is 10.0 Å². The molecule has 3 aromatic carbocycles. The summed E-state index contributed by atoms with van der Waals surface area (Å²) in [6.07, 6.45) is 3.80. The first-order valence-corrected chi connectivity index (χ1v) is 14.7. The third-order valence-electron chi connectivity index (χ3n) is 7.01. The van der Waals surface area contributed by atoms with E-state index in [0.717, 1.165) is 48.8 Å². The fraction of sp³-hybridized carbons (Fsp3) is 0.286. The van der Waals surface area contributed by atoms with Gasteiger partial charge in [-0.3, -0.25) is 4.94 Å². The fourth-order valence-corrected chi connectivity index (χ4v) is 6.02. The van der Waals surface area contributed by atoms with Crippen molar-refractivity contribution in [3.63, 3.8) is 0 Å². The highest BCUT2D eigenvalue weighted by molar-refractivity contribution is 7.89. The normalized spacial score (nSPS) is 17.6. The predicted molar refractivity (Wildman–Crippen MR) is 152 cm³/mol. The molecule has 11 heteroatoms. The molecular formula is C28H29ClFN5O3S. The molecule has 0 radical (unpaired) electrons. The van der Waals surface area contributed by atoms with Gasteiger partial charge in [-0.15, -0.1) is 0 Å². The van der Waals surface area contributed by atoms with Crippen molar-refractivity contribution < 1.29 is 17.9 Å². The molecule has 0 amide bonds. The Balaban J connectivity index is 1.15. The van der Waals surface area contributed by atoms with Crippen molar-refractivity contribution in [3.05, 3.63) is 77.8 Å². The highest BCUT2D eigenvalue weighted by Gasteiger charge is 2.24. The van der Waals surface area contributed by atoms with Crippen LogP contribution in [-0.4, -0.2) is 31.5 Å². The minimum absolute atomic E-state index is 0.0379. The summed E-state index contributed by atoms with van der Waals surface area (Å²) in [6.45, 7) is 1.11. The Morgan fingerprint density at radius 2 is 1.54 bits per heavy atom. The van der Waals surface area contributed by atoms with E-state index in [1.807, 2.05) is 48.5 Å². The standard InChI is InChI=1S/C28H29ClFN5O3S/c29-21-9-11-22(12-10-21)33-27-25-3-1-2-4-26(25)34-28(35-27)31-17-19-5-7-20(8-6-19)18-32-39(36,37)24-15-13-23(38-30)14-16-24/h1-4,9-16,19-20,32H,5-8,17-18H2,(H2,31,33,34,35). The number of para-hydroxylation sites is 1. The van der Waals surface area contributed by atoms with Crippen LogP contribution in [0, 0.1) is 11.8 Å². The van der Waals surface area contributed by atoms with Gasteiger partial charge in [-0.25, -0.2) is 18.1 Å². The third-order valence-corrected chi connectivity index (χ3v) is 8.70. The minimum Gasteiger partial charge on any atom is -0.354 e. The molecule has 204 valence electrons. The Morgan fingerprint density at radius 1 is 0.872 bits per heavy atom. The number of nitrogens with one attached hydrogen (secondary N) is 3. The molecule has 39 heavy (non-hydrogen) atoms. The molecule has 1 fully saturated rings. The summed E-state index contributed by atoms with van der Waals surface area (Å²) >= 11 is 6.02. The van der Waals surface area contributed by atoms with Gasteiger partial charge in [-0.05, 0) is 98.2 Å².